The lowest BCUT2D eigenvalue weighted by atomic mass is 9.84. The second kappa shape index (κ2) is 10.7. The molecule has 3 aromatic carbocycles. The number of carbonyl (C=O) groups excluding carboxylic acids is 3. The summed E-state index contributed by atoms with van der Waals surface area (Å²) in [7, 11) is 0. The van der Waals surface area contributed by atoms with Crippen LogP contribution < -0.4 is 0 Å². The number of halogens is 1. The van der Waals surface area contributed by atoms with E-state index in [0.29, 0.717) is 12.0 Å². The molecule has 0 bridgehead atoms. The van der Waals surface area contributed by atoms with Crippen LogP contribution in [0.5, 0.6) is 0 Å². The van der Waals surface area contributed by atoms with Gasteiger partial charge in [-0.2, -0.15) is 5.26 Å². The van der Waals surface area contributed by atoms with E-state index >= 15 is 0 Å². The van der Waals surface area contributed by atoms with Gasteiger partial charge in [0.2, 0.25) is 5.91 Å². The van der Waals surface area contributed by atoms with Gasteiger partial charge < -0.3 is 9.64 Å². The molecule has 3 aromatic rings. The number of nitrogens with zero attached hydrogens (tertiary/aromatic N) is 3. The zero-order chi connectivity index (χ0) is 28.6. The fourth-order valence-corrected chi connectivity index (χ4v) is 5.73. The van der Waals surface area contributed by atoms with Crippen LogP contribution in [0.2, 0.25) is 0 Å². The van der Waals surface area contributed by atoms with Crippen molar-refractivity contribution in [3.05, 3.63) is 107 Å². The first kappa shape index (κ1) is 27.2. The Morgan fingerprint density at radius 2 is 1.65 bits per heavy atom. The number of amides is 3. The molecule has 4 atom stereocenters. The minimum atomic E-state index is -1.16. The highest BCUT2D eigenvalue weighted by atomic mass is 19.1. The van der Waals surface area contributed by atoms with E-state index in [-0.39, 0.29) is 17.7 Å². The van der Waals surface area contributed by atoms with Crippen LogP contribution in [0.3, 0.4) is 0 Å². The highest BCUT2D eigenvalue weighted by Crippen LogP contribution is 2.46. The third kappa shape index (κ3) is 4.78. The van der Waals surface area contributed by atoms with E-state index in [2.05, 4.69) is 6.07 Å². The molecule has 0 saturated carbocycles. The number of nitriles is 1. The fourth-order valence-electron chi connectivity index (χ4n) is 5.73. The number of benzene rings is 3. The van der Waals surface area contributed by atoms with Crippen LogP contribution in [0.15, 0.2) is 78.9 Å². The number of hydrogen-bond donors (Lipinski definition) is 0. The molecule has 1 fully saturated rings. The van der Waals surface area contributed by atoms with E-state index in [1.54, 1.807) is 55.1 Å². The maximum atomic E-state index is 14.5. The standard InChI is InChI=1S/C32H30FN3O4/c1-20(35-30(38)24-14-7-8-15-25(24)31(35)39)29(37)36-27(32(2,3)19-34)17-26(40-18-21-10-5-4-6-11-21)28(36)22-12-9-13-23(33)16-22/h4-16,20,26-28H,17-18H2,1-3H3/t20?,26-,27-,28-/m1/s1. The molecule has 8 heteroatoms. The minimum absolute atomic E-state index is 0.244. The third-order valence-electron chi connectivity index (χ3n) is 7.89. The van der Waals surface area contributed by atoms with E-state index in [0.717, 1.165) is 10.5 Å². The van der Waals surface area contributed by atoms with Gasteiger partial charge in [0.25, 0.3) is 11.8 Å². The SMILES string of the molecule is CC(C(=O)N1[C@H](c2cccc(F)c2)[C@H](OCc2ccccc2)C[C@@H]1C(C)(C)C#N)N1C(=O)c2ccccc2C1=O. The van der Waals surface area contributed by atoms with Gasteiger partial charge in [-0.1, -0.05) is 54.6 Å². The van der Waals surface area contributed by atoms with Gasteiger partial charge in [0.1, 0.15) is 11.9 Å². The number of fused-ring (bicyclic) bond motifs is 1. The summed E-state index contributed by atoms with van der Waals surface area (Å²) < 4.78 is 20.9. The molecule has 5 rings (SSSR count). The van der Waals surface area contributed by atoms with Gasteiger partial charge in [-0.3, -0.25) is 19.3 Å². The molecule has 0 spiro atoms. The van der Waals surface area contributed by atoms with Crippen molar-refractivity contribution in [2.24, 2.45) is 5.41 Å². The number of likely N-dealkylation sites (tertiary alicyclic amines) is 1. The Labute approximate surface area is 232 Å². The number of carbonyl (C=O) groups is 3. The molecule has 1 saturated heterocycles. The highest BCUT2D eigenvalue weighted by Gasteiger charge is 2.53. The molecule has 0 radical (unpaired) electrons. The molecule has 2 heterocycles. The first-order valence-corrected chi connectivity index (χ1v) is 13.3. The lowest BCUT2D eigenvalue weighted by Crippen LogP contribution is -2.54. The van der Waals surface area contributed by atoms with E-state index in [9.17, 15) is 24.0 Å². The van der Waals surface area contributed by atoms with Gasteiger partial charge in [-0.25, -0.2) is 4.39 Å². The maximum absolute atomic E-state index is 14.5. The van der Waals surface area contributed by atoms with Crippen molar-refractivity contribution in [1.29, 1.82) is 5.26 Å². The van der Waals surface area contributed by atoms with Gasteiger partial charge in [0.15, 0.2) is 0 Å². The Morgan fingerprint density at radius 3 is 2.25 bits per heavy atom. The Morgan fingerprint density at radius 1 is 1.02 bits per heavy atom. The predicted octanol–water partition coefficient (Wildman–Crippen LogP) is 5.29. The molecule has 2 aliphatic heterocycles. The number of ether oxygens (including phenoxy) is 1. The molecule has 0 aliphatic carbocycles. The van der Waals surface area contributed by atoms with Crippen molar-refractivity contribution in [3.63, 3.8) is 0 Å². The molecule has 2 aliphatic rings. The van der Waals surface area contributed by atoms with E-state index in [1.165, 1.54) is 19.1 Å². The summed E-state index contributed by atoms with van der Waals surface area (Å²) in [5.41, 5.74) is 0.924. The molecule has 0 N–H and O–H groups in total. The smallest absolute Gasteiger partial charge is 0.262 e. The summed E-state index contributed by atoms with van der Waals surface area (Å²) >= 11 is 0. The first-order chi connectivity index (χ1) is 19.1. The Balaban J connectivity index is 1.55. The van der Waals surface area contributed by atoms with Crippen LogP contribution in [0.25, 0.3) is 0 Å². The largest absolute Gasteiger partial charge is 0.371 e. The van der Waals surface area contributed by atoms with Gasteiger partial charge >= 0.3 is 0 Å². The molecular formula is C32H30FN3O4. The zero-order valence-electron chi connectivity index (χ0n) is 22.6. The molecule has 0 aromatic heterocycles. The first-order valence-electron chi connectivity index (χ1n) is 13.3. The van der Waals surface area contributed by atoms with Crippen molar-refractivity contribution >= 4 is 17.7 Å². The van der Waals surface area contributed by atoms with Gasteiger partial charge in [-0.05, 0) is 62.6 Å². The lowest BCUT2D eigenvalue weighted by Gasteiger charge is -2.39. The predicted molar refractivity (Wildman–Crippen MR) is 145 cm³/mol. The number of hydrogen-bond acceptors (Lipinski definition) is 5. The average Bonchev–Trinajstić information content (AvgIpc) is 3.47. The summed E-state index contributed by atoms with van der Waals surface area (Å²) in [6.45, 7) is 5.26. The zero-order valence-corrected chi connectivity index (χ0v) is 22.6. The molecule has 7 nitrogen and oxygen atoms in total. The second-order valence-corrected chi connectivity index (χ2v) is 10.9. The monoisotopic (exact) mass is 539 g/mol. The average molecular weight is 540 g/mol. The van der Waals surface area contributed by atoms with Gasteiger partial charge in [-0.15, -0.1) is 0 Å². The molecular weight excluding hydrogens is 509 g/mol. The Kier molecular flexibility index (Phi) is 7.26. The van der Waals surface area contributed by atoms with Crippen molar-refractivity contribution in [2.45, 2.75) is 58.0 Å². The summed E-state index contributed by atoms with van der Waals surface area (Å²) in [6.07, 6.45) is -0.257. The number of rotatable bonds is 7. The van der Waals surface area contributed by atoms with Crippen molar-refractivity contribution < 1.29 is 23.5 Å². The quantitative estimate of drug-likeness (QED) is 0.381. The summed E-state index contributed by atoms with van der Waals surface area (Å²) in [4.78, 5) is 43.3. The Hall–Kier alpha value is -4.35. The molecule has 40 heavy (non-hydrogen) atoms. The van der Waals surface area contributed by atoms with Crippen LogP contribution in [0, 0.1) is 22.6 Å². The normalized spacial score (nSPS) is 21.3. The van der Waals surface area contributed by atoms with Crippen LogP contribution >= 0.6 is 0 Å². The fraction of sp³-hybridized carbons (Fsp3) is 0.312. The lowest BCUT2D eigenvalue weighted by molar-refractivity contribution is -0.141. The van der Waals surface area contributed by atoms with Crippen LogP contribution in [-0.4, -0.2) is 45.7 Å². The van der Waals surface area contributed by atoms with E-state index < -0.39 is 53.2 Å². The van der Waals surface area contributed by atoms with Crippen LogP contribution in [0.1, 0.15) is 65.1 Å². The third-order valence-corrected chi connectivity index (χ3v) is 7.89. The van der Waals surface area contributed by atoms with Gasteiger partial charge in [0, 0.05) is 0 Å². The molecule has 1 unspecified atom stereocenters. The maximum Gasteiger partial charge on any atom is 0.262 e. The summed E-state index contributed by atoms with van der Waals surface area (Å²) in [5.74, 6) is -2.07. The second-order valence-electron chi connectivity index (χ2n) is 10.9. The van der Waals surface area contributed by atoms with Crippen LogP contribution in [-0.2, 0) is 16.1 Å². The van der Waals surface area contributed by atoms with E-state index in [1.807, 2.05) is 30.3 Å². The number of imide groups is 1. The summed E-state index contributed by atoms with van der Waals surface area (Å²) in [5, 5.41) is 10.1. The highest BCUT2D eigenvalue weighted by molar-refractivity contribution is 6.22. The van der Waals surface area contributed by atoms with Crippen LogP contribution in [0.4, 0.5) is 4.39 Å². The van der Waals surface area contributed by atoms with Crippen molar-refractivity contribution in [3.8, 4) is 6.07 Å². The van der Waals surface area contributed by atoms with Crippen molar-refractivity contribution in [2.75, 3.05) is 0 Å². The van der Waals surface area contributed by atoms with Crippen molar-refractivity contribution in [1.82, 2.24) is 9.80 Å². The minimum Gasteiger partial charge on any atom is -0.371 e. The topological polar surface area (TPSA) is 90.7 Å². The molecule has 3 amide bonds. The summed E-state index contributed by atoms with van der Waals surface area (Å²) in [6, 6.07) is 21.8. The van der Waals surface area contributed by atoms with E-state index in [4.69, 9.17) is 4.74 Å². The molecule has 204 valence electrons. The van der Waals surface area contributed by atoms with Gasteiger partial charge in [0.05, 0.1) is 47.4 Å². The Bertz CT molecular complexity index is 1460.